The molecule has 100 valence electrons. The van der Waals surface area contributed by atoms with Crippen LogP contribution in [0, 0.1) is 6.92 Å². The molecule has 19 heavy (non-hydrogen) atoms. The maximum atomic E-state index is 4.18. The second kappa shape index (κ2) is 7.00. The highest BCUT2D eigenvalue weighted by molar-refractivity contribution is 5.27. The fourth-order valence-corrected chi connectivity index (χ4v) is 2.24. The minimum absolute atomic E-state index is 0.338. The third-order valence-electron chi connectivity index (χ3n) is 3.27. The molecule has 0 aliphatic heterocycles. The van der Waals surface area contributed by atoms with E-state index in [1.807, 2.05) is 24.8 Å². The Hall–Kier alpha value is -1.74. The van der Waals surface area contributed by atoms with E-state index in [9.17, 15) is 0 Å². The average molecular weight is 255 g/mol. The summed E-state index contributed by atoms with van der Waals surface area (Å²) >= 11 is 0. The highest BCUT2D eigenvalue weighted by atomic mass is 14.9. The number of pyridine rings is 2. The average Bonchev–Trinajstić information content (AvgIpc) is 2.45. The lowest BCUT2D eigenvalue weighted by Crippen LogP contribution is -2.24. The van der Waals surface area contributed by atoms with Gasteiger partial charge in [-0.15, -0.1) is 0 Å². The predicted octanol–water partition coefficient (Wildman–Crippen LogP) is 3.07. The zero-order chi connectivity index (χ0) is 13.5. The summed E-state index contributed by atoms with van der Waals surface area (Å²) in [5, 5.41) is 3.63. The van der Waals surface area contributed by atoms with Crippen LogP contribution >= 0.6 is 0 Å². The van der Waals surface area contributed by atoms with E-state index in [2.05, 4.69) is 47.3 Å². The van der Waals surface area contributed by atoms with E-state index in [0.717, 1.165) is 19.4 Å². The van der Waals surface area contributed by atoms with Gasteiger partial charge in [-0.2, -0.15) is 0 Å². The molecule has 1 N–H and O–H groups in total. The van der Waals surface area contributed by atoms with E-state index in [4.69, 9.17) is 0 Å². The summed E-state index contributed by atoms with van der Waals surface area (Å²) in [5.74, 6) is 0. The van der Waals surface area contributed by atoms with Gasteiger partial charge in [-0.3, -0.25) is 9.97 Å². The quantitative estimate of drug-likeness (QED) is 0.862. The largest absolute Gasteiger partial charge is 0.310 e. The molecule has 3 heteroatoms. The van der Waals surface area contributed by atoms with Crippen molar-refractivity contribution < 1.29 is 0 Å². The van der Waals surface area contributed by atoms with E-state index < -0.39 is 0 Å². The van der Waals surface area contributed by atoms with Gasteiger partial charge in [0.05, 0.1) is 0 Å². The molecule has 3 nitrogen and oxygen atoms in total. The molecule has 0 spiro atoms. The molecule has 1 atom stereocenters. The zero-order valence-electron chi connectivity index (χ0n) is 11.6. The Morgan fingerprint density at radius 2 is 1.84 bits per heavy atom. The molecule has 2 rings (SSSR count). The second-order valence-corrected chi connectivity index (χ2v) is 4.80. The molecule has 1 unspecified atom stereocenters. The maximum absolute atomic E-state index is 4.18. The van der Waals surface area contributed by atoms with Crippen molar-refractivity contribution >= 4 is 0 Å². The molecule has 0 radical (unpaired) electrons. The van der Waals surface area contributed by atoms with E-state index >= 15 is 0 Å². The van der Waals surface area contributed by atoms with Crippen LogP contribution in [0.3, 0.4) is 0 Å². The van der Waals surface area contributed by atoms with Gasteiger partial charge in [0.15, 0.2) is 0 Å². The molecular weight excluding hydrogens is 234 g/mol. The van der Waals surface area contributed by atoms with E-state index in [1.165, 1.54) is 16.7 Å². The lowest BCUT2D eigenvalue weighted by Gasteiger charge is -2.20. The Kier molecular flexibility index (Phi) is 5.04. The van der Waals surface area contributed by atoms with E-state index in [-0.39, 0.29) is 0 Å². The lowest BCUT2D eigenvalue weighted by atomic mass is 9.97. The maximum Gasteiger partial charge on any atom is 0.0364 e. The Balaban J connectivity index is 2.19. The van der Waals surface area contributed by atoms with Crippen LogP contribution in [0.25, 0.3) is 0 Å². The summed E-state index contributed by atoms with van der Waals surface area (Å²) in [6, 6.07) is 6.61. The summed E-state index contributed by atoms with van der Waals surface area (Å²) < 4.78 is 0. The predicted molar refractivity (Wildman–Crippen MR) is 77.9 cm³/mol. The number of rotatable bonds is 6. The Morgan fingerprint density at radius 3 is 2.53 bits per heavy atom. The minimum Gasteiger partial charge on any atom is -0.310 e. The van der Waals surface area contributed by atoms with Crippen LogP contribution in [0.2, 0.25) is 0 Å². The van der Waals surface area contributed by atoms with E-state index in [1.54, 1.807) is 0 Å². The monoisotopic (exact) mass is 255 g/mol. The molecule has 0 aliphatic rings. The number of hydrogen-bond donors (Lipinski definition) is 1. The van der Waals surface area contributed by atoms with E-state index in [0.29, 0.717) is 6.04 Å². The summed E-state index contributed by atoms with van der Waals surface area (Å²) in [6.07, 6.45) is 9.62. The highest BCUT2D eigenvalue weighted by Crippen LogP contribution is 2.20. The molecule has 0 amide bonds. The van der Waals surface area contributed by atoms with Crippen LogP contribution in [-0.2, 0) is 6.42 Å². The van der Waals surface area contributed by atoms with Gasteiger partial charge in [-0.1, -0.05) is 6.92 Å². The van der Waals surface area contributed by atoms with Crippen LogP contribution in [0.1, 0.15) is 36.1 Å². The Bertz CT molecular complexity index is 496. The summed E-state index contributed by atoms with van der Waals surface area (Å²) in [6.45, 7) is 5.34. The molecule has 0 saturated heterocycles. The molecule has 0 aromatic carbocycles. The summed E-state index contributed by atoms with van der Waals surface area (Å²) in [4.78, 5) is 8.25. The SMILES string of the molecule is CCCNC(Cc1ccncc1)c1ccncc1C. The van der Waals surface area contributed by atoms with Gasteiger partial charge < -0.3 is 5.32 Å². The van der Waals surface area contributed by atoms with Crippen molar-refractivity contribution in [2.45, 2.75) is 32.7 Å². The first kappa shape index (κ1) is 13.7. The summed E-state index contributed by atoms with van der Waals surface area (Å²) in [7, 11) is 0. The summed E-state index contributed by atoms with van der Waals surface area (Å²) in [5.41, 5.74) is 3.88. The first-order chi connectivity index (χ1) is 9.31. The van der Waals surface area contributed by atoms with Crippen LogP contribution < -0.4 is 5.32 Å². The molecule has 0 fully saturated rings. The standard InChI is InChI=1S/C16H21N3/c1-3-7-19-16(11-14-4-8-17-9-5-14)15-6-10-18-12-13(15)2/h4-6,8-10,12,16,19H,3,7,11H2,1-2H3. The van der Waals surface area contributed by atoms with Gasteiger partial charge in [-0.25, -0.2) is 0 Å². The normalized spacial score (nSPS) is 12.3. The van der Waals surface area contributed by atoms with Crippen LogP contribution in [0.15, 0.2) is 43.0 Å². The van der Waals surface area contributed by atoms with Crippen molar-refractivity contribution in [3.8, 4) is 0 Å². The van der Waals surface area contributed by atoms with Crippen molar-refractivity contribution in [2.24, 2.45) is 0 Å². The fraction of sp³-hybridized carbons (Fsp3) is 0.375. The van der Waals surface area contributed by atoms with Crippen LogP contribution in [0.5, 0.6) is 0 Å². The second-order valence-electron chi connectivity index (χ2n) is 4.80. The number of hydrogen-bond acceptors (Lipinski definition) is 3. The molecule has 2 aromatic heterocycles. The van der Waals surface area contributed by atoms with Gasteiger partial charge in [0, 0.05) is 30.8 Å². The molecule has 2 heterocycles. The van der Waals surface area contributed by atoms with Gasteiger partial charge in [0.1, 0.15) is 0 Å². The Morgan fingerprint density at radius 1 is 1.11 bits per heavy atom. The zero-order valence-corrected chi connectivity index (χ0v) is 11.6. The molecule has 0 aliphatic carbocycles. The van der Waals surface area contributed by atoms with Crippen molar-refractivity contribution in [1.29, 1.82) is 0 Å². The molecular formula is C16H21N3. The van der Waals surface area contributed by atoms with Crippen molar-refractivity contribution in [3.05, 3.63) is 59.7 Å². The number of nitrogens with zero attached hydrogens (tertiary/aromatic N) is 2. The van der Waals surface area contributed by atoms with Gasteiger partial charge in [-0.05, 0) is 61.2 Å². The topological polar surface area (TPSA) is 37.8 Å². The number of aryl methyl sites for hydroxylation is 1. The van der Waals surface area contributed by atoms with Gasteiger partial charge in [0.2, 0.25) is 0 Å². The van der Waals surface area contributed by atoms with Crippen molar-refractivity contribution in [1.82, 2.24) is 15.3 Å². The molecule has 0 bridgehead atoms. The smallest absolute Gasteiger partial charge is 0.0364 e. The highest BCUT2D eigenvalue weighted by Gasteiger charge is 2.13. The molecule has 2 aromatic rings. The van der Waals surface area contributed by atoms with Crippen molar-refractivity contribution in [3.63, 3.8) is 0 Å². The first-order valence-corrected chi connectivity index (χ1v) is 6.84. The van der Waals surface area contributed by atoms with Crippen LogP contribution in [0.4, 0.5) is 0 Å². The van der Waals surface area contributed by atoms with Gasteiger partial charge in [0.25, 0.3) is 0 Å². The molecule has 0 saturated carbocycles. The van der Waals surface area contributed by atoms with Crippen molar-refractivity contribution in [2.75, 3.05) is 6.54 Å². The third-order valence-corrected chi connectivity index (χ3v) is 3.27. The number of nitrogens with one attached hydrogen (secondary N) is 1. The lowest BCUT2D eigenvalue weighted by molar-refractivity contribution is 0.526. The van der Waals surface area contributed by atoms with Gasteiger partial charge >= 0.3 is 0 Å². The third kappa shape index (κ3) is 3.86. The fourth-order valence-electron chi connectivity index (χ4n) is 2.24. The number of aromatic nitrogens is 2. The minimum atomic E-state index is 0.338. The van der Waals surface area contributed by atoms with Crippen LogP contribution in [-0.4, -0.2) is 16.5 Å². The first-order valence-electron chi connectivity index (χ1n) is 6.84. The Labute approximate surface area is 115 Å².